The number of nitrogens with zero attached hydrogens (tertiary/aromatic N) is 2. The lowest BCUT2D eigenvalue weighted by Gasteiger charge is -2.27. The number of amides is 2. The van der Waals surface area contributed by atoms with Gasteiger partial charge in [-0.3, -0.25) is 9.59 Å². The summed E-state index contributed by atoms with van der Waals surface area (Å²) in [4.78, 5) is 27.9. The molecule has 1 saturated carbocycles. The number of carbonyl (C=O) groups is 2. The van der Waals surface area contributed by atoms with Crippen LogP contribution in [0.4, 0.5) is 0 Å². The van der Waals surface area contributed by atoms with E-state index < -0.39 is 5.54 Å². The number of rotatable bonds is 5. The summed E-state index contributed by atoms with van der Waals surface area (Å²) in [6, 6.07) is -0.0875. The molecule has 1 heterocycles. The van der Waals surface area contributed by atoms with E-state index in [4.69, 9.17) is 0 Å². The van der Waals surface area contributed by atoms with Gasteiger partial charge in [-0.25, -0.2) is 4.98 Å². The van der Waals surface area contributed by atoms with Gasteiger partial charge in [0, 0.05) is 26.4 Å². The van der Waals surface area contributed by atoms with Crippen LogP contribution in [0.1, 0.15) is 45.5 Å². The highest BCUT2D eigenvalue weighted by atomic mass is 16.2. The van der Waals surface area contributed by atoms with Gasteiger partial charge in [-0.15, -0.1) is 0 Å². The Hall–Kier alpha value is -1.85. The smallest absolute Gasteiger partial charge is 0.245 e. The third-order valence-electron chi connectivity index (χ3n) is 3.57. The van der Waals surface area contributed by atoms with E-state index in [0.717, 1.165) is 18.7 Å². The van der Waals surface area contributed by atoms with Gasteiger partial charge in [-0.2, -0.15) is 0 Å². The van der Waals surface area contributed by atoms with Gasteiger partial charge in [0.15, 0.2) is 0 Å². The summed E-state index contributed by atoms with van der Waals surface area (Å²) in [6.07, 6.45) is 5.79. The summed E-state index contributed by atoms with van der Waals surface area (Å²) in [5.41, 5.74) is -0.926. The average Bonchev–Trinajstić information content (AvgIpc) is 3.07. The average molecular weight is 278 g/mol. The summed E-state index contributed by atoms with van der Waals surface area (Å²) >= 11 is 0. The molecule has 0 saturated heterocycles. The Kier molecular flexibility index (Phi) is 3.83. The zero-order valence-electron chi connectivity index (χ0n) is 12.4. The number of hydrogen-bond donors (Lipinski definition) is 2. The third-order valence-corrected chi connectivity index (χ3v) is 3.57. The Bertz CT molecular complexity index is 517. The second-order valence-corrected chi connectivity index (χ2v) is 5.99. The Balaban J connectivity index is 2.11. The zero-order chi connectivity index (χ0) is 14.9. The maximum Gasteiger partial charge on any atom is 0.245 e. The third kappa shape index (κ3) is 3.18. The standard InChI is InChI=1S/C14H22N4O2/c1-9(19)17-14(2,3)13(20)16-11(10-5-6-10)12-15-7-8-18(12)4/h7-8,10-11H,5-6H2,1-4H3,(H,16,20)(H,17,19)/t11-/m1/s1. The number of carbonyl (C=O) groups excluding carboxylic acids is 2. The Morgan fingerprint density at radius 2 is 2.10 bits per heavy atom. The summed E-state index contributed by atoms with van der Waals surface area (Å²) < 4.78 is 1.93. The van der Waals surface area contributed by atoms with Crippen molar-refractivity contribution in [1.82, 2.24) is 20.2 Å². The molecule has 20 heavy (non-hydrogen) atoms. The van der Waals surface area contributed by atoms with Crippen LogP contribution in [-0.4, -0.2) is 26.9 Å². The molecule has 1 atom stereocenters. The molecule has 2 rings (SSSR count). The van der Waals surface area contributed by atoms with Crippen molar-refractivity contribution < 1.29 is 9.59 Å². The molecule has 0 radical (unpaired) electrons. The molecular formula is C14H22N4O2. The van der Waals surface area contributed by atoms with Gasteiger partial charge in [0.25, 0.3) is 0 Å². The quantitative estimate of drug-likeness (QED) is 0.840. The molecular weight excluding hydrogens is 256 g/mol. The topological polar surface area (TPSA) is 76.0 Å². The van der Waals surface area contributed by atoms with Gasteiger partial charge in [0.2, 0.25) is 11.8 Å². The van der Waals surface area contributed by atoms with Gasteiger partial charge >= 0.3 is 0 Å². The van der Waals surface area contributed by atoms with E-state index >= 15 is 0 Å². The molecule has 6 nitrogen and oxygen atoms in total. The van der Waals surface area contributed by atoms with E-state index in [0.29, 0.717) is 5.92 Å². The molecule has 0 unspecified atom stereocenters. The Morgan fingerprint density at radius 1 is 1.45 bits per heavy atom. The molecule has 0 aromatic carbocycles. The van der Waals surface area contributed by atoms with Crippen LogP contribution in [-0.2, 0) is 16.6 Å². The second kappa shape index (κ2) is 5.26. The van der Waals surface area contributed by atoms with Crippen LogP contribution in [0.3, 0.4) is 0 Å². The monoisotopic (exact) mass is 278 g/mol. The molecule has 1 aliphatic carbocycles. The van der Waals surface area contributed by atoms with E-state index in [9.17, 15) is 9.59 Å². The lowest BCUT2D eigenvalue weighted by atomic mass is 10.0. The summed E-state index contributed by atoms with van der Waals surface area (Å²) in [5, 5.41) is 5.70. The lowest BCUT2D eigenvalue weighted by molar-refractivity contribution is -0.132. The molecule has 110 valence electrons. The maximum atomic E-state index is 12.4. The van der Waals surface area contributed by atoms with Gasteiger partial charge in [-0.1, -0.05) is 0 Å². The number of nitrogens with one attached hydrogen (secondary N) is 2. The fourth-order valence-electron chi connectivity index (χ4n) is 2.32. The first-order chi connectivity index (χ1) is 9.31. The minimum Gasteiger partial charge on any atom is -0.344 e. The summed E-state index contributed by atoms with van der Waals surface area (Å²) in [6.45, 7) is 4.81. The van der Waals surface area contributed by atoms with Crippen LogP contribution in [0.25, 0.3) is 0 Å². The number of hydrogen-bond acceptors (Lipinski definition) is 3. The number of aromatic nitrogens is 2. The van der Waals surface area contributed by atoms with Crippen molar-refractivity contribution >= 4 is 11.8 Å². The maximum absolute atomic E-state index is 12.4. The highest BCUT2D eigenvalue weighted by Gasteiger charge is 2.38. The fraction of sp³-hybridized carbons (Fsp3) is 0.643. The molecule has 0 aliphatic heterocycles. The van der Waals surface area contributed by atoms with Crippen molar-refractivity contribution in [2.24, 2.45) is 13.0 Å². The summed E-state index contributed by atoms with van der Waals surface area (Å²) in [7, 11) is 1.92. The van der Waals surface area contributed by atoms with Crippen LogP contribution in [0.15, 0.2) is 12.4 Å². The molecule has 1 aromatic heterocycles. The molecule has 0 spiro atoms. The van der Waals surface area contributed by atoms with Crippen molar-refractivity contribution in [3.8, 4) is 0 Å². The number of aryl methyl sites for hydroxylation is 1. The molecule has 1 aliphatic rings. The minimum absolute atomic E-state index is 0.0875. The first kappa shape index (κ1) is 14.6. The minimum atomic E-state index is -0.926. The van der Waals surface area contributed by atoms with Crippen molar-refractivity contribution in [3.05, 3.63) is 18.2 Å². The Morgan fingerprint density at radius 3 is 2.55 bits per heavy atom. The zero-order valence-corrected chi connectivity index (χ0v) is 12.4. The van der Waals surface area contributed by atoms with Crippen LogP contribution in [0, 0.1) is 5.92 Å². The largest absolute Gasteiger partial charge is 0.344 e. The van der Waals surface area contributed by atoms with Crippen LogP contribution in [0.2, 0.25) is 0 Å². The first-order valence-electron chi connectivity index (χ1n) is 6.88. The normalized spacial score (nSPS) is 16.6. The molecule has 1 fully saturated rings. The molecule has 0 bridgehead atoms. The highest BCUT2D eigenvalue weighted by Crippen LogP contribution is 2.40. The molecule has 1 aromatic rings. The van der Waals surface area contributed by atoms with Crippen LogP contribution >= 0.6 is 0 Å². The number of imidazole rings is 1. The van der Waals surface area contributed by atoms with Crippen LogP contribution < -0.4 is 10.6 Å². The van der Waals surface area contributed by atoms with E-state index in [-0.39, 0.29) is 17.9 Å². The lowest BCUT2D eigenvalue weighted by Crippen LogP contribution is -2.55. The van der Waals surface area contributed by atoms with Crippen molar-refractivity contribution in [2.45, 2.75) is 45.2 Å². The van der Waals surface area contributed by atoms with E-state index in [2.05, 4.69) is 15.6 Å². The van der Waals surface area contributed by atoms with Gasteiger partial charge in [-0.05, 0) is 32.6 Å². The van der Waals surface area contributed by atoms with Gasteiger partial charge in [0.05, 0.1) is 6.04 Å². The summed E-state index contributed by atoms with van der Waals surface area (Å²) in [5.74, 6) is 0.894. The van der Waals surface area contributed by atoms with Crippen molar-refractivity contribution in [3.63, 3.8) is 0 Å². The van der Waals surface area contributed by atoms with Gasteiger partial charge in [0.1, 0.15) is 11.4 Å². The first-order valence-corrected chi connectivity index (χ1v) is 6.88. The SMILES string of the molecule is CC(=O)NC(C)(C)C(=O)N[C@@H](c1nccn1C)C1CC1. The van der Waals surface area contributed by atoms with Crippen LogP contribution in [0.5, 0.6) is 0 Å². The van der Waals surface area contributed by atoms with Gasteiger partial charge < -0.3 is 15.2 Å². The Labute approximate surface area is 119 Å². The predicted molar refractivity (Wildman–Crippen MR) is 74.7 cm³/mol. The predicted octanol–water partition coefficient (Wildman–Crippen LogP) is 0.902. The molecule has 2 amide bonds. The van der Waals surface area contributed by atoms with Crippen molar-refractivity contribution in [1.29, 1.82) is 0 Å². The van der Waals surface area contributed by atoms with E-state index in [1.165, 1.54) is 6.92 Å². The fourth-order valence-corrected chi connectivity index (χ4v) is 2.32. The van der Waals surface area contributed by atoms with E-state index in [1.807, 2.05) is 17.8 Å². The molecule has 2 N–H and O–H groups in total. The highest BCUT2D eigenvalue weighted by molar-refractivity contribution is 5.90. The van der Waals surface area contributed by atoms with Crippen molar-refractivity contribution in [2.75, 3.05) is 0 Å². The second-order valence-electron chi connectivity index (χ2n) is 5.99. The molecule has 6 heteroatoms. The van der Waals surface area contributed by atoms with E-state index in [1.54, 1.807) is 20.0 Å².